The van der Waals surface area contributed by atoms with E-state index < -0.39 is 44.4 Å². The summed E-state index contributed by atoms with van der Waals surface area (Å²) in [6.07, 6.45) is 6.11. The quantitative estimate of drug-likeness (QED) is 0.0997. The molecule has 2 fully saturated rings. The number of rotatable bonds is 22. The maximum atomic E-state index is 13.5. The summed E-state index contributed by atoms with van der Waals surface area (Å²) >= 11 is 0. The minimum atomic E-state index is -3.08. The molecule has 0 aromatic heterocycles. The fourth-order valence-corrected chi connectivity index (χ4v) is 6.48. The lowest BCUT2D eigenvalue weighted by atomic mass is 9.84. The summed E-state index contributed by atoms with van der Waals surface area (Å²) in [5, 5.41) is 18.0. The molecule has 1 aliphatic heterocycles. The van der Waals surface area contributed by atoms with Crippen molar-refractivity contribution in [2.45, 2.75) is 122 Å². The maximum Gasteiger partial charge on any atom is 0.407 e. The van der Waals surface area contributed by atoms with E-state index in [0.29, 0.717) is 58.0 Å². The third kappa shape index (κ3) is 14.1. The first-order chi connectivity index (χ1) is 23.6. The smallest absolute Gasteiger partial charge is 0.407 e. The van der Waals surface area contributed by atoms with Gasteiger partial charge in [0, 0.05) is 25.0 Å². The Morgan fingerprint density at radius 1 is 0.980 bits per heavy atom. The number of aliphatic carboxylic acids is 1. The van der Waals surface area contributed by atoms with Gasteiger partial charge in [0.25, 0.3) is 5.91 Å². The van der Waals surface area contributed by atoms with E-state index in [4.69, 9.17) is 13.8 Å². The number of carboxylic acids is 1. The fourth-order valence-electron chi connectivity index (χ4n) is 5.74. The molecule has 1 heterocycles. The van der Waals surface area contributed by atoms with Crippen LogP contribution in [0.1, 0.15) is 96.5 Å². The Labute approximate surface area is 289 Å². The van der Waals surface area contributed by atoms with Crippen molar-refractivity contribution in [1.29, 1.82) is 0 Å². The molecular formula is C34H53N4O10P. The van der Waals surface area contributed by atoms with Crippen molar-refractivity contribution in [3.8, 4) is 0 Å². The summed E-state index contributed by atoms with van der Waals surface area (Å²) in [6, 6.07) is 7.38. The predicted molar refractivity (Wildman–Crippen MR) is 182 cm³/mol. The van der Waals surface area contributed by atoms with Crippen LogP contribution in [0.15, 0.2) is 30.3 Å². The molecule has 5 atom stereocenters. The van der Waals surface area contributed by atoms with Crippen molar-refractivity contribution in [3.05, 3.63) is 35.9 Å². The molecule has 4 N–H and O–H groups in total. The monoisotopic (exact) mass is 708 g/mol. The van der Waals surface area contributed by atoms with Gasteiger partial charge in [0.15, 0.2) is 0 Å². The van der Waals surface area contributed by atoms with E-state index in [9.17, 15) is 33.6 Å². The van der Waals surface area contributed by atoms with Gasteiger partial charge in [-0.2, -0.15) is 0 Å². The Bertz CT molecular complexity index is 1250. The Kier molecular flexibility index (Phi) is 17.6. The number of hydrogen-bond donors (Lipinski definition) is 4. The molecule has 14 nitrogen and oxygen atoms in total. The van der Waals surface area contributed by atoms with Crippen LogP contribution in [-0.4, -0.2) is 83.7 Å². The molecule has 2 aliphatic rings. The number of carbonyl (C=O) groups is 5. The number of nitrogens with one attached hydrogen (secondary N) is 3. The topological polar surface area (TPSA) is 190 Å². The molecule has 49 heavy (non-hydrogen) atoms. The highest BCUT2D eigenvalue weighted by atomic mass is 31.1. The normalized spacial score (nSPS) is 18.4. The van der Waals surface area contributed by atoms with Gasteiger partial charge in [-0.3, -0.25) is 23.5 Å². The van der Waals surface area contributed by atoms with Gasteiger partial charge < -0.3 is 35.2 Å². The predicted octanol–water partition coefficient (Wildman–Crippen LogP) is 4.32. The molecule has 1 saturated heterocycles. The molecule has 1 aromatic carbocycles. The van der Waals surface area contributed by atoms with Crippen LogP contribution in [0.4, 0.5) is 4.79 Å². The standard InChI is InChI=1S/C34H53N4O10P/c1-3-4-16-27(19-22-47-49(45)48-24(2)32(41)38-21-11-18-29(38)33(42)43)36-31(40)28(37-30(39)26-14-10-15-26)17-8-9-20-35-34(44)46-23-25-12-6-5-7-13-25/h5-7,12-13,24,26-29,49H,3-4,8-11,14-23H2,1-2H3,(H,35,44)(H,36,40)(H,37,39)(H,42,43)/t24-,27+,28-,29-/m0/s1. The largest absolute Gasteiger partial charge is 0.480 e. The number of hydrogen-bond acceptors (Lipinski definition) is 9. The lowest BCUT2D eigenvalue weighted by Crippen LogP contribution is -2.51. The first-order valence-electron chi connectivity index (χ1n) is 17.5. The van der Waals surface area contributed by atoms with Gasteiger partial charge in [0.2, 0.25) is 11.8 Å². The summed E-state index contributed by atoms with van der Waals surface area (Å²) in [4.78, 5) is 63.7. The van der Waals surface area contributed by atoms with Crippen LogP contribution < -0.4 is 16.0 Å². The van der Waals surface area contributed by atoms with Crippen LogP contribution in [-0.2, 0) is 44.1 Å². The number of nitrogens with zero attached hydrogens (tertiary/aromatic N) is 1. The molecule has 0 bridgehead atoms. The number of ether oxygens (including phenoxy) is 1. The molecule has 1 unspecified atom stereocenters. The van der Waals surface area contributed by atoms with Crippen LogP contribution in [0.5, 0.6) is 0 Å². The Morgan fingerprint density at radius 2 is 1.73 bits per heavy atom. The molecule has 0 spiro atoms. The van der Waals surface area contributed by atoms with Crippen LogP contribution in [0, 0.1) is 5.92 Å². The van der Waals surface area contributed by atoms with Crippen molar-refractivity contribution in [3.63, 3.8) is 0 Å². The molecule has 15 heteroatoms. The zero-order valence-electron chi connectivity index (χ0n) is 28.7. The molecule has 0 radical (unpaired) electrons. The van der Waals surface area contributed by atoms with Gasteiger partial charge in [0.1, 0.15) is 24.8 Å². The minimum absolute atomic E-state index is 0.0000256. The van der Waals surface area contributed by atoms with Gasteiger partial charge in [-0.25, -0.2) is 9.59 Å². The third-order valence-electron chi connectivity index (χ3n) is 8.89. The number of amides is 4. The number of likely N-dealkylation sites (tertiary alicyclic amines) is 1. The van der Waals surface area contributed by atoms with Crippen molar-refractivity contribution in [2.24, 2.45) is 5.92 Å². The first-order valence-corrected chi connectivity index (χ1v) is 18.7. The molecule has 3 rings (SSSR count). The van der Waals surface area contributed by atoms with E-state index >= 15 is 0 Å². The average Bonchev–Trinajstić information content (AvgIpc) is 3.55. The maximum absolute atomic E-state index is 13.5. The zero-order chi connectivity index (χ0) is 35.6. The second-order valence-corrected chi connectivity index (χ2v) is 13.7. The third-order valence-corrected chi connectivity index (χ3v) is 9.88. The van der Waals surface area contributed by atoms with Gasteiger partial charge in [0.05, 0.1) is 6.61 Å². The average molecular weight is 709 g/mol. The fraction of sp³-hybridized carbons (Fsp3) is 0.676. The van der Waals surface area contributed by atoms with Crippen LogP contribution >= 0.6 is 8.25 Å². The number of unbranched alkanes of at least 4 members (excludes halogenated alkanes) is 2. The molecule has 4 amide bonds. The van der Waals surface area contributed by atoms with E-state index in [1.807, 2.05) is 37.3 Å². The highest BCUT2D eigenvalue weighted by Gasteiger charge is 2.37. The Balaban J connectivity index is 1.45. The van der Waals surface area contributed by atoms with Crippen molar-refractivity contribution >= 4 is 38.0 Å². The van der Waals surface area contributed by atoms with E-state index in [2.05, 4.69) is 16.0 Å². The van der Waals surface area contributed by atoms with E-state index in [1.165, 1.54) is 11.8 Å². The molecule has 1 aromatic rings. The van der Waals surface area contributed by atoms with Crippen LogP contribution in [0.3, 0.4) is 0 Å². The highest BCUT2D eigenvalue weighted by molar-refractivity contribution is 7.33. The SMILES string of the molecule is CCCC[C@H](CCO[PH](=O)O[C@@H](C)C(=O)N1CCC[C@H]1C(=O)O)NC(=O)[C@H](CCCCNC(=O)OCc1ccccc1)NC(=O)C1CCC1. The molecule has 1 saturated carbocycles. The second kappa shape index (κ2) is 21.6. The molecular weight excluding hydrogens is 655 g/mol. The number of carboxylic acid groups (broad SMARTS) is 1. The Hall–Kier alpha value is -3.48. The van der Waals surface area contributed by atoms with Crippen molar-refractivity contribution < 1.29 is 47.4 Å². The highest BCUT2D eigenvalue weighted by Crippen LogP contribution is 2.29. The van der Waals surface area contributed by atoms with E-state index in [1.54, 1.807) is 0 Å². The minimum Gasteiger partial charge on any atom is -0.480 e. The lowest BCUT2D eigenvalue weighted by Gasteiger charge is -2.28. The summed E-state index contributed by atoms with van der Waals surface area (Å²) in [7, 11) is -3.08. The van der Waals surface area contributed by atoms with E-state index in [0.717, 1.165) is 37.7 Å². The van der Waals surface area contributed by atoms with Gasteiger partial charge in [-0.05, 0) is 70.3 Å². The molecule has 274 valence electrons. The summed E-state index contributed by atoms with van der Waals surface area (Å²) < 4.78 is 28.5. The summed E-state index contributed by atoms with van der Waals surface area (Å²) in [5.41, 5.74) is 0.886. The summed E-state index contributed by atoms with van der Waals surface area (Å²) in [5.74, 6) is -2.17. The second-order valence-electron chi connectivity index (χ2n) is 12.7. The van der Waals surface area contributed by atoms with Crippen molar-refractivity contribution in [2.75, 3.05) is 19.7 Å². The van der Waals surface area contributed by atoms with Gasteiger partial charge >= 0.3 is 20.3 Å². The number of benzene rings is 1. The zero-order valence-corrected chi connectivity index (χ0v) is 29.7. The van der Waals surface area contributed by atoms with Gasteiger partial charge in [-0.15, -0.1) is 0 Å². The Morgan fingerprint density at radius 3 is 2.41 bits per heavy atom. The van der Waals surface area contributed by atoms with Gasteiger partial charge in [-0.1, -0.05) is 56.5 Å². The molecule has 1 aliphatic carbocycles. The number of alkyl carbamates (subject to hydrolysis) is 1. The van der Waals surface area contributed by atoms with E-state index in [-0.39, 0.29) is 37.0 Å². The van der Waals surface area contributed by atoms with Crippen LogP contribution in [0.2, 0.25) is 0 Å². The first kappa shape index (κ1) is 40.0. The summed E-state index contributed by atoms with van der Waals surface area (Å²) in [6.45, 7) is 4.28. The van der Waals surface area contributed by atoms with Crippen LogP contribution in [0.25, 0.3) is 0 Å². The van der Waals surface area contributed by atoms with Crippen molar-refractivity contribution in [1.82, 2.24) is 20.9 Å². The number of carbonyl (C=O) groups excluding carboxylic acids is 4. The lowest BCUT2D eigenvalue weighted by molar-refractivity contribution is -0.150.